The maximum atomic E-state index is 12.3. The Hall–Kier alpha value is -4.25. The quantitative estimate of drug-likeness (QED) is 0.277. The number of nitriles is 1. The maximum absolute atomic E-state index is 12.3. The molecule has 1 N–H and O–H groups in total. The van der Waals surface area contributed by atoms with Crippen LogP contribution in [-0.2, 0) is 11.3 Å². The number of nitrogens with one attached hydrogen (secondary N) is 1. The number of benzene rings is 2. The number of imidazole rings is 1. The zero-order chi connectivity index (χ0) is 26.1. The van der Waals surface area contributed by atoms with Crippen molar-refractivity contribution in [1.82, 2.24) is 14.1 Å². The molecule has 4 aromatic rings. The summed E-state index contributed by atoms with van der Waals surface area (Å²) in [5.74, 6) is 1.23. The van der Waals surface area contributed by atoms with Crippen molar-refractivity contribution >= 4 is 22.7 Å². The van der Waals surface area contributed by atoms with Gasteiger partial charge in [-0.05, 0) is 80.8 Å². The van der Waals surface area contributed by atoms with Gasteiger partial charge in [-0.1, -0.05) is 12.1 Å². The largest absolute Gasteiger partial charge is 0.492 e. The smallest absolute Gasteiger partial charge is 0.411 e. The van der Waals surface area contributed by atoms with E-state index in [1.807, 2.05) is 54.1 Å². The highest BCUT2D eigenvalue weighted by molar-refractivity contribution is 5.96. The molecule has 6 rings (SSSR count). The van der Waals surface area contributed by atoms with Gasteiger partial charge in [0, 0.05) is 29.5 Å². The average Bonchev–Trinajstić information content (AvgIpc) is 3.53. The van der Waals surface area contributed by atoms with Gasteiger partial charge in [0.05, 0.1) is 29.6 Å². The number of fused-ring (bicyclic) bond motifs is 1. The number of anilines is 1. The molecule has 0 saturated heterocycles. The normalized spacial score (nSPS) is 16.0. The third-order valence-electron chi connectivity index (χ3n) is 7.69. The van der Waals surface area contributed by atoms with Crippen molar-refractivity contribution in [3.63, 3.8) is 0 Å². The lowest BCUT2D eigenvalue weighted by Crippen LogP contribution is -2.21. The summed E-state index contributed by atoms with van der Waals surface area (Å²) in [6.45, 7) is 3.15. The van der Waals surface area contributed by atoms with Gasteiger partial charge < -0.3 is 18.6 Å². The Morgan fingerprint density at radius 2 is 2.00 bits per heavy atom. The van der Waals surface area contributed by atoms with Crippen molar-refractivity contribution in [3.8, 4) is 23.1 Å². The minimum absolute atomic E-state index is 0.0644. The van der Waals surface area contributed by atoms with Crippen molar-refractivity contribution < 1.29 is 14.3 Å². The number of hydrogen-bond donors (Lipinski definition) is 1. The van der Waals surface area contributed by atoms with Gasteiger partial charge in [0.25, 0.3) is 0 Å². The second kappa shape index (κ2) is 10.3. The summed E-state index contributed by atoms with van der Waals surface area (Å²) in [6, 6.07) is 16.5. The van der Waals surface area contributed by atoms with E-state index >= 15 is 0 Å². The predicted molar refractivity (Wildman–Crippen MR) is 145 cm³/mol. The van der Waals surface area contributed by atoms with Crippen molar-refractivity contribution in [2.24, 2.45) is 5.92 Å². The first-order valence-electron chi connectivity index (χ1n) is 13.4. The first kappa shape index (κ1) is 24.1. The number of hydrogen-bond acceptors (Lipinski definition) is 5. The van der Waals surface area contributed by atoms with Crippen LogP contribution in [0.2, 0.25) is 0 Å². The number of nitrogens with zero attached hydrogens (tertiary/aromatic N) is 4. The number of aromatic nitrogens is 3. The van der Waals surface area contributed by atoms with Crippen LogP contribution >= 0.6 is 0 Å². The third kappa shape index (κ3) is 4.84. The molecule has 2 aromatic carbocycles. The molecule has 1 unspecified atom stereocenters. The molecule has 0 aliphatic heterocycles. The second-order valence-electron chi connectivity index (χ2n) is 10.3. The Morgan fingerprint density at radius 3 is 2.66 bits per heavy atom. The summed E-state index contributed by atoms with van der Waals surface area (Å²) in [6.07, 6.45) is 10.5. The zero-order valence-electron chi connectivity index (χ0n) is 21.5. The van der Waals surface area contributed by atoms with E-state index in [-0.39, 0.29) is 6.10 Å². The molecule has 2 saturated carbocycles. The molecular weight excluding hydrogens is 478 g/mol. The molecule has 2 aliphatic rings. The van der Waals surface area contributed by atoms with Gasteiger partial charge in [-0.2, -0.15) is 5.26 Å². The van der Waals surface area contributed by atoms with E-state index in [0.29, 0.717) is 36.4 Å². The van der Waals surface area contributed by atoms with Crippen LogP contribution in [0.15, 0.2) is 61.2 Å². The molecule has 0 spiro atoms. The summed E-state index contributed by atoms with van der Waals surface area (Å²) >= 11 is 0. The Balaban J connectivity index is 1.27. The van der Waals surface area contributed by atoms with Crippen LogP contribution in [0, 0.1) is 17.2 Å². The molecule has 8 nitrogen and oxygen atoms in total. The monoisotopic (exact) mass is 509 g/mol. The van der Waals surface area contributed by atoms with Crippen LogP contribution in [0.25, 0.3) is 22.2 Å². The minimum atomic E-state index is -0.431. The molecule has 38 heavy (non-hydrogen) atoms. The van der Waals surface area contributed by atoms with Gasteiger partial charge in [0.1, 0.15) is 24.5 Å². The Kier molecular flexibility index (Phi) is 6.50. The lowest BCUT2D eigenvalue weighted by atomic mass is 9.92. The van der Waals surface area contributed by atoms with E-state index in [2.05, 4.69) is 27.0 Å². The zero-order valence-corrected chi connectivity index (χ0v) is 21.5. The van der Waals surface area contributed by atoms with Gasteiger partial charge in [-0.15, -0.1) is 0 Å². The van der Waals surface area contributed by atoms with E-state index in [0.717, 1.165) is 53.6 Å². The summed E-state index contributed by atoms with van der Waals surface area (Å²) in [4.78, 5) is 16.4. The standard InChI is InChI=1S/C30H31N5O3/c1-20(21-5-6-21)38-30(36)33-23-9-7-22(8-10-23)29-27(18-31)26-17-25(37-16-15-34-14-13-32-19-34)11-12-28(26)35(29)24-3-2-4-24/h7-14,17,19-21,24H,2-6,15-16H2,1H3,(H,33,36). The lowest BCUT2D eigenvalue weighted by molar-refractivity contribution is 0.108. The molecule has 0 bridgehead atoms. The molecule has 8 heteroatoms. The summed E-state index contributed by atoms with van der Waals surface area (Å²) in [5, 5.41) is 14.0. The van der Waals surface area contributed by atoms with E-state index in [1.54, 1.807) is 12.5 Å². The second-order valence-corrected chi connectivity index (χ2v) is 10.3. The predicted octanol–water partition coefficient (Wildman–Crippen LogP) is 6.53. The van der Waals surface area contributed by atoms with E-state index in [1.165, 1.54) is 6.42 Å². The minimum Gasteiger partial charge on any atom is -0.492 e. The lowest BCUT2D eigenvalue weighted by Gasteiger charge is -2.30. The number of ether oxygens (including phenoxy) is 2. The summed E-state index contributed by atoms with van der Waals surface area (Å²) < 4.78 is 15.8. The van der Waals surface area contributed by atoms with Crippen LogP contribution in [0.3, 0.4) is 0 Å². The SMILES string of the molecule is CC(OC(=O)Nc1ccc(-c2c(C#N)c3cc(OCCn4ccnc4)ccc3n2C2CCC2)cc1)C1CC1. The number of amides is 1. The van der Waals surface area contributed by atoms with Crippen LogP contribution in [0.5, 0.6) is 5.75 Å². The highest BCUT2D eigenvalue weighted by Gasteiger charge is 2.31. The van der Waals surface area contributed by atoms with Crippen molar-refractivity contribution in [2.75, 3.05) is 11.9 Å². The van der Waals surface area contributed by atoms with Gasteiger partial charge in [-0.3, -0.25) is 5.32 Å². The molecule has 0 radical (unpaired) electrons. The van der Waals surface area contributed by atoms with Crippen molar-refractivity contribution in [1.29, 1.82) is 5.26 Å². The first-order chi connectivity index (χ1) is 18.6. The Bertz CT molecular complexity index is 1480. The molecule has 2 heterocycles. The molecule has 1 amide bonds. The molecular formula is C30H31N5O3. The van der Waals surface area contributed by atoms with Gasteiger partial charge >= 0.3 is 6.09 Å². The number of carbonyl (C=O) groups is 1. The fourth-order valence-electron chi connectivity index (χ4n) is 5.18. The van der Waals surface area contributed by atoms with Crippen LogP contribution in [0.1, 0.15) is 50.6 Å². The first-order valence-corrected chi connectivity index (χ1v) is 13.4. The molecule has 2 aromatic heterocycles. The molecule has 194 valence electrons. The fourth-order valence-corrected chi connectivity index (χ4v) is 5.18. The van der Waals surface area contributed by atoms with E-state index in [4.69, 9.17) is 9.47 Å². The van der Waals surface area contributed by atoms with Crippen LogP contribution in [0.4, 0.5) is 10.5 Å². The van der Waals surface area contributed by atoms with Crippen molar-refractivity contribution in [3.05, 3.63) is 66.7 Å². The topological polar surface area (TPSA) is 94.1 Å². The molecule has 2 fully saturated rings. The van der Waals surface area contributed by atoms with Crippen LogP contribution < -0.4 is 10.1 Å². The molecule has 2 aliphatic carbocycles. The number of carbonyl (C=O) groups excluding carboxylic acids is 1. The average molecular weight is 510 g/mol. The van der Waals surface area contributed by atoms with E-state index in [9.17, 15) is 10.1 Å². The van der Waals surface area contributed by atoms with Gasteiger partial charge in [-0.25, -0.2) is 9.78 Å². The summed E-state index contributed by atoms with van der Waals surface area (Å²) in [7, 11) is 0. The fraction of sp³-hybridized carbons (Fsp3) is 0.367. The third-order valence-corrected chi connectivity index (χ3v) is 7.69. The number of rotatable bonds is 9. The van der Waals surface area contributed by atoms with Crippen molar-refractivity contribution in [2.45, 2.75) is 57.7 Å². The highest BCUT2D eigenvalue weighted by Crippen LogP contribution is 2.43. The Labute approximate surface area is 221 Å². The highest BCUT2D eigenvalue weighted by atomic mass is 16.6. The van der Waals surface area contributed by atoms with E-state index < -0.39 is 6.09 Å². The van der Waals surface area contributed by atoms with Crippen LogP contribution in [-0.4, -0.2) is 32.9 Å². The maximum Gasteiger partial charge on any atom is 0.411 e. The molecule has 1 atom stereocenters. The summed E-state index contributed by atoms with van der Waals surface area (Å²) in [5.41, 5.74) is 4.21. The van der Waals surface area contributed by atoms with Gasteiger partial charge in [0.2, 0.25) is 0 Å². The Morgan fingerprint density at radius 1 is 1.18 bits per heavy atom. The van der Waals surface area contributed by atoms with Gasteiger partial charge in [0.15, 0.2) is 0 Å².